The first kappa shape index (κ1) is 50.7. The van der Waals surface area contributed by atoms with Crippen molar-refractivity contribution in [3.05, 3.63) is 158 Å². The average Bonchev–Trinajstić information content (AvgIpc) is 3.28. The molecule has 5 rings (SSSR count). The zero-order chi connectivity index (χ0) is 49.5. The van der Waals surface area contributed by atoms with E-state index in [1.165, 1.54) is 6.92 Å². The molecule has 0 unspecified atom stereocenters. The highest BCUT2D eigenvalue weighted by Crippen LogP contribution is 2.31. The van der Waals surface area contributed by atoms with Gasteiger partial charge in [0.2, 0.25) is 0 Å². The molecule has 0 aliphatic heterocycles. The summed E-state index contributed by atoms with van der Waals surface area (Å²) in [6.07, 6.45) is -3.78. The first-order valence-corrected chi connectivity index (χ1v) is 16.8. The maximum absolute atomic E-state index is 15.4. The van der Waals surface area contributed by atoms with Gasteiger partial charge in [-0.3, -0.25) is 4.79 Å². The number of ketones is 1. The molecule has 0 aliphatic carbocycles. The number of rotatable bonds is 9. The summed E-state index contributed by atoms with van der Waals surface area (Å²) in [5.41, 5.74) is -14.7. The molecule has 27 heteroatoms. The fourth-order valence-electron chi connectivity index (χ4n) is 6.50. The van der Waals surface area contributed by atoms with E-state index in [9.17, 15) is 67.1 Å². The van der Waals surface area contributed by atoms with E-state index >= 15 is 35.1 Å². The molecule has 0 amide bonds. The molecule has 1 aromatic heterocycles. The Balaban J connectivity index is 0.000000387. The minimum atomic E-state index is -7.22. The predicted octanol–water partition coefficient (Wildman–Crippen LogP) is 6.05. The highest BCUT2D eigenvalue weighted by molar-refractivity contribution is 7.20. The molecule has 0 spiro atoms. The van der Waals surface area contributed by atoms with Crippen LogP contribution in [-0.4, -0.2) is 38.1 Å². The zero-order valence-corrected chi connectivity index (χ0v) is 31.7. The number of nitrogens with zero attached hydrogens (tertiary/aromatic N) is 1. The number of benzene rings is 4. The van der Waals surface area contributed by atoms with Gasteiger partial charge in [-0.25, -0.2) is 102 Å². The molecule has 0 fully saturated rings. The van der Waals surface area contributed by atoms with Crippen LogP contribution in [0.3, 0.4) is 0 Å². The molecule has 0 aliphatic rings. The van der Waals surface area contributed by atoms with Crippen molar-refractivity contribution in [3.63, 3.8) is 0 Å². The lowest BCUT2D eigenvalue weighted by atomic mass is 9.12. The van der Waals surface area contributed by atoms with E-state index in [0.29, 0.717) is 0 Å². The number of pyridine rings is 1. The van der Waals surface area contributed by atoms with Crippen LogP contribution in [0, 0.1) is 116 Å². The Bertz CT molecular complexity index is 2440. The number of methoxy groups -OCH3 is 2. The number of allylic oxidation sites excluding steroid dienone is 1. The Morgan fingerprint density at radius 2 is 0.615 bits per heavy atom. The third-order valence-corrected chi connectivity index (χ3v) is 9.33. The molecule has 0 bridgehead atoms. The molecule has 346 valence electrons. The van der Waals surface area contributed by atoms with E-state index in [-0.39, 0.29) is 17.7 Å². The summed E-state index contributed by atoms with van der Waals surface area (Å²) in [6.45, 7) is 1.36. The maximum Gasteiger partial charge on any atom is 0.345 e. The smallest absolute Gasteiger partial charge is 0.345 e. The SMILES string of the molecule is COC(=O)C(C(=O)OC)=C(C[n+]1ccccc1)C(C)=O.Fc1c(F)c(F)c([B-](c2c(F)c(F)c(F)c(F)c2F)(c2c(F)c(F)c(F)c(F)c2F)c2c(F)c(F)c(F)c(F)c2F)c(F)c1F. The zero-order valence-electron chi connectivity index (χ0n) is 31.7. The minimum Gasteiger partial charge on any atom is -0.465 e. The van der Waals surface area contributed by atoms with E-state index in [4.69, 9.17) is 0 Å². The minimum absolute atomic E-state index is 0.0416. The van der Waals surface area contributed by atoms with Crippen LogP contribution in [0.5, 0.6) is 0 Å². The quantitative estimate of drug-likeness (QED) is 0.0207. The van der Waals surface area contributed by atoms with Crippen LogP contribution in [0.4, 0.5) is 87.8 Å². The lowest BCUT2D eigenvalue weighted by molar-refractivity contribution is -0.688. The van der Waals surface area contributed by atoms with Crippen molar-refractivity contribution in [2.45, 2.75) is 13.5 Å². The number of halogens is 20. The van der Waals surface area contributed by atoms with Gasteiger partial charge in [-0.05, 0) is 6.92 Å². The van der Waals surface area contributed by atoms with Crippen molar-refractivity contribution >= 4 is 45.7 Å². The predicted molar refractivity (Wildman–Crippen MR) is 178 cm³/mol. The van der Waals surface area contributed by atoms with Crippen molar-refractivity contribution in [3.8, 4) is 0 Å². The number of ether oxygens (including phenoxy) is 2. The second-order valence-corrected chi connectivity index (χ2v) is 12.7. The number of hydrogen-bond acceptors (Lipinski definition) is 5. The van der Waals surface area contributed by atoms with Gasteiger partial charge in [0.05, 0.1) is 19.8 Å². The van der Waals surface area contributed by atoms with Crippen molar-refractivity contribution in [1.82, 2.24) is 0 Å². The molecular formula is C38H16BF20NO5. The Morgan fingerprint density at radius 3 is 0.815 bits per heavy atom. The Hall–Kier alpha value is -6.96. The normalized spacial score (nSPS) is 11.2. The molecule has 0 saturated carbocycles. The summed E-state index contributed by atoms with van der Waals surface area (Å²) in [4.78, 5) is 35.2. The number of aromatic nitrogens is 1. The van der Waals surface area contributed by atoms with Gasteiger partial charge < -0.3 is 9.47 Å². The van der Waals surface area contributed by atoms with Gasteiger partial charge in [0.15, 0.2) is 100 Å². The first-order chi connectivity index (χ1) is 30.2. The fourth-order valence-corrected chi connectivity index (χ4v) is 6.50. The Labute approximate surface area is 347 Å². The van der Waals surface area contributed by atoms with Gasteiger partial charge in [-0.1, -0.05) is 6.07 Å². The van der Waals surface area contributed by atoms with Crippen LogP contribution in [0.2, 0.25) is 0 Å². The van der Waals surface area contributed by atoms with Crippen molar-refractivity contribution in [2.75, 3.05) is 14.2 Å². The van der Waals surface area contributed by atoms with Gasteiger partial charge in [-0.15, -0.1) is 21.9 Å². The Morgan fingerprint density at radius 1 is 0.400 bits per heavy atom. The molecule has 6 nitrogen and oxygen atoms in total. The standard InChI is InChI=1S/C24BF20.C14H16NO5/c26-5-1(6(27)14(35)21(42)13(5)34)25(2-7(28)15(36)22(43)16(37)8(2)29,3-9(30)17(38)23(44)18(39)10(3)31)4-11(32)19(40)24(45)20(41)12(4)33;1-10(16)11(9-15-7-5-4-6-8-15)12(13(17)19-2)14(18)20-3/h;4-8H,9H2,1-3H3/q-1;+1. The third kappa shape index (κ3) is 8.22. The second-order valence-electron chi connectivity index (χ2n) is 12.7. The molecule has 0 N–H and O–H groups in total. The van der Waals surface area contributed by atoms with Crippen LogP contribution in [0.15, 0.2) is 41.7 Å². The highest BCUT2D eigenvalue weighted by Gasteiger charge is 2.52. The van der Waals surface area contributed by atoms with Crippen LogP contribution >= 0.6 is 0 Å². The number of carbonyl (C=O) groups is 3. The summed E-state index contributed by atoms with van der Waals surface area (Å²) < 4.78 is 305. The van der Waals surface area contributed by atoms with Crippen LogP contribution in [0.1, 0.15) is 6.92 Å². The summed E-state index contributed by atoms with van der Waals surface area (Å²) in [7, 11) is 2.28. The van der Waals surface area contributed by atoms with Gasteiger partial charge in [-0.2, -0.15) is 0 Å². The number of hydrogen-bond donors (Lipinski definition) is 0. The summed E-state index contributed by atoms with van der Waals surface area (Å²) in [5.74, 6) is -73.6. The van der Waals surface area contributed by atoms with Crippen molar-refractivity contribution in [1.29, 1.82) is 0 Å². The third-order valence-electron chi connectivity index (χ3n) is 9.33. The summed E-state index contributed by atoms with van der Waals surface area (Å²) in [6, 6.07) is 5.36. The van der Waals surface area contributed by atoms with E-state index < -0.39 is 162 Å². The Kier molecular flexibility index (Phi) is 14.8. The number of esters is 2. The van der Waals surface area contributed by atoms with Gasteiger partial charge in [0.1, 0.15) is 52.7 Å². The van der Waals surface area contributed by atoms with Gasteiger partial charge in [0.25, 0.3) is 0 Å². The van der Waals surface area contributed by atoms with Crippen LogP contribution < -0.4 is 26.4 Å². The molecule has 5 aromatic rings. The molecule has 65 heavy (non-hydrogen) atoms. The summed E-state index contributed by atoms with van der Waals surface area (Å²) >= 11 is 0. The van der Waals surface area contributed by atoms with E-state index in [0.717, 1.165) is 14.2 Å². The van der Waals surface area contributed by atoms with E-state index in [2.05, 4.69) is 9.47 Å². The molecule has 0 atom stereocenters. The van der Waals surface area contributed by atoms with Gasteiger partial charge in [0, 0.05) is 12.1 Å². The van der Waals surface area contributed by atoms with E-state index in [1.54, 1.807) is 29.1 Å². The molecule has 4 aromatic carbocycles. The molecule has 1 heterocycles. The molecule has 0 saturated heterocycles. The molecular weight excluding hydrogens is 941 g/mol. The lowest BCUT2D eigenvalue weighted by Crippen LogP contribution is -2.81. The molecule has 0 radical (unpaired) electrons. The van der Waals surface area contributed by atoms with Crippen molar-refractivity contribution < 1.29 is 116 Å². The number of Topliss-reactive ketones (excluding diaryl/α,β-unsaturated/α-hetero) is 1. The van der Waals surface area contributed by atoms with Crippen LogP contribution in [-0.2, 0) is 30.4 Å². The fraction of sp³-hybridized carbons (Fsp3) is 0.105. The van der Waals surface area contributed by atoms with Gasteiger partial charge >= 0.3 is 11.9 Å². The topological polar surface area (TPSA) is 73.6 Å². The largest absolute Gasteiger partial charge is 0.465 e. The van der Waals surface area contributed by atoms with Crippen LogP contribution in [0.25, 0.3) is 0 Å². The maximum atomic E-state index is 15.4. The second kappa shape index (κ2) is 19.0. The summed E-state index contributed by atoms with van der Waals surface area (Å²) in [5, 5.41) is 0. The number of carbonyl (C=O) groups excluding carboxylic acids is 3. The van der Waals surface area contributed by atoms with Crippen molar-refractivity contribution in [2.24, 2.45) is 0 Å². The first-order valence-electron chi connectivity index (χ1n) is 16.8. The van der Waals surface area contributed by atoms with E-state index in [1.807, 2.05) is 6.07 Å². The monoisotopic (exact) mass is 957 g/mol. The highest BCUT2D eigenvalue weighted by atomic mass is 19.2. The average molecular weight is 957 g/mol. The lowest BCUT2D eigenvalue weighted by Gasteiger charge is -2.44.